The van der Waals surface area contributed by atoms with Crippen molar-refractivity contribution in [3.05, 3.63) is 21.6 Å². The molecule has 4 N–H and O–H groups in total. The second-order valence-corrected chi connectivity index (χ2v) is 11.1. The summed E-state index contributed by atoms with van der Waals surface area (Å²) in [7, 11) is -3.56. The highest BCUT2D eigenvalue weighted by atomic mass is 35.5. The van der Waals surface area contributed by atoms with Gasteiger partial charge in [0.25, 0.3) is 15.8 Å². The highest BCUT2D eigenvalue weighted by Crippen LogP contribution is 2.31. The smallest absolute Gasteiger partial charge is 0.407 e. The second-order valence-electron chi connectivity index (χ2n) is 9.20. The number of rotatable bonds is 7. The van der Waals surface area contributed by atoms with Gasteiger partial charge in [0.2, 0.25) is 0 Å². The molecule has 0 spiro atoms. The molecule has 2 saturated carbocycles. The lowest BCUT2D eigenvalue weighted by Crippen LogP contribution is -2.52. The van der Waals surface area contributed by atoms with Crippen LogP contribution in [0.3, 0.4) is 0 Å². The molecule has 184 valence electrons. The van der Waals surface area contributed by atoms with Crippen molar-refractivity contribution in [2.24, 2.45) is 0 Å². The van der Waals surface area contributed by atoms with E-state index in [1.807, 2.05) is 4.90 Å². The summed E-state index contributed by atoms with van der Waals surface area (Å²) < 4.78 is 30.4. The molecule has 11 nitrogen and oxygen atoms in total. The maximum absolute atomic E-state index is 12.4. The molecule has 1 amide bonds. The molecule has 3 aliphatic rings. The third-order valence-corrected chi connectivity index (χ3v) is 8.64. The van der Waals surface area contributed by atoms with Crippen molar-refractivity contribution in [3.63, 3.8) is 0 Å². The Bertz CT molecular complexity index is 1010. The van der Waals surface area contributed by atoms with E-state index in [9.17, 15) is 23.1 Å². The zero-order valence-corrected chi connectivity index (χ0v) is 19.9. The van der Waals surface area contributed by atoms with Crippen molar-refractivity contribution < 1.29 is 18.3 Å². The molecule has 1 unspecified atom stereocenters. The highest BCUT2D eigenvalue weighted by Gasteiger charge is 2.38. The minimum Gasteiger partial charge on any atom is -0.465 e. The quantitative estimate of drug-likeness (QED) is 0.443. The van der Waals surface area contributed by atoms with Crippen LogP contribution in [0, 0.1) is 0 Å². The van der Waals surface area contributed by atoms with Crippen molar-refractivity contribution in [1.29, 1.82) is 0 Å². The van der Waals surface area contributed by atoms with E-state index in [1.165, 1.54) is 11.1 Å². The van der Waals surface area contributed by atoms with Gasteiger partial charge in [0, 0.05) is 31.2 Å². The summed E-state index contributed by atoms with van der Waals surface area (Å²) in [5.41, 5.74) is 0.0250. The van der Waals surface area contributed by atoms with Gasteiger partial charge in [-0.1, -0.05) is 24.4 Å². The third-order valence-electron chi connectivity index (χ3n) is 6.98. The van der Waals surface area contributed by atoms with E-state index in [1.54, 1.807) is 0 Å². The van der Waals surface area contributed by atoms with Crippen molar-refractivity contribution in [3.8, 4) is 0 Å². The number of aromatic amines is 1. The van der Waals surface area contributed by atoms with Crippen LogP contribution < -0.4 is 19.9 Å². The van der Waals surface area contributed by atoms with E-state index in [-0.39, 0.29) is 29.2 Å². The maximum atomic E-state index is 12.4. The lowest BCUT2D eigenvalue weighted by molar-refractivity contribution is 0.0859. The Morgan fingerprint density at radius 2 is 1.73 bits per heavy atom. The molecule has 0 radical (unpaired) electrons. The van der Waals surface area contributed by atoms with Crippen molar-refractivity contribution >= 4 is 33.6 Å². The zero-order chi connectivity index (χ0) is 23.6. The third kappa shape index (κ3) is 5.79. The molecular formula is C20H31ClN6O5S. The molecule has 1 saturated heterocycles. The van der Waals surface area contributed by atoms with Gasteiger partial charge in [-0.25, -0.2) is 9.89 Å². The number of anilines is 1. The highest BCUT2D eigenvalue weighted by molar-refractivity contribution is 7.87. The number of nitrogens with one attached hydrogen (secondary N) is 3. The van der Waals surface area contributed by atoms with E-state index >= 15 is 0 Å². The number of carbonyl (C=O) groups is 1. The molecule has 2 heterocycles. The van der Waals surface area contributed by atoms with Crippen molar-refractivity contribution in [2.45, 2.75) is 82.0 Å². The van der Waals surface area contributed by atoms with Crippen LogP contribution in [0.15, 0.2) is 11.0 Å². The molecule has 0 aromatic carbocycles. The Morgan fingerprint density at radius 1 is 1.09 bits per heavy atom. The van der Waals surface area contributed by atoms with Crippen molar-refractivity contribution in [1.82, 2.24) is 24.5 Å². The summed E-state index contributed by atoms with van der Waals surface area (Å²) >= 11 is 6.12. The summed E-state index contributed by atoms with van der Waals surface area (Å²) in [6.07, 6.45) is 7.30. The molecule has 1 atom stereocenters. The minimum absolute atomic E-state index is 0.00977. The topological polar surface area (TPSA) is 148 Å². The van der Waals surface area contributed by atoms with Gasteiger partial charge in [-0.2, -0.15) is 23.0 Å². The Morgan fingerprint density at radius 3 is 2.36 bits per heavy atom. The van der Waals surface area contributed by atoms with E-state index in [0.717, 1.165) is 25.7 Å². The molecular weight excluding hydrogens is 472 g/mol. The summed E-state index contributed by atoms with van der Waals surface area (Å²) in [6, 6.07) is -0.601. The van der Waals surface area contributed by atoms with E-state index in [0.29, 0.717) is 50.9 Å². The number of halogens is 1. The number of hydrogen-bond donors (Lipinski definition) is 4. The molecule has 1 aliphatic heterocycles. The van der Waals surface area contributed by atoms with Gasteiger partial charge >= 0.3 is 6.09 Å². The van der Waals surface area contributed by atoms with Crippen LogP contribution in [0.2, 0.25) is 5.02 Å². The van der Waals surface area contributed by atoms with Gasteiger partial charge in [-0.3, -0.25) is 4.79 Å². The zero-order valence-electron chi connectivity index (χ0n) is 18.4. The van der Waals surface area contributed by atoms with Gasteiger partial charge in [0.05, 0.1) is 17.9 Å². The fourth-order valence-electron chi connectivity index (χ4n) is 5.38. The fraction of sp³-hybridized carbons (Fsp3) is 0.750. The first-order chi connectivity index (χ1) is 15.7. The van der Waals surface area contributed by atoms with Crippen LogP contribution in [0.5, 0.6) is 0 Å². The van der Waals surface area contributed by atoms with Gasteiger partial charge in [-0.05, 0) is 44.9 Å². The van der Waals surface area contributed by atoms with Crippen LogP contribution in [-0.4, -0.2) is 72.0 Å². The number of nitrogens with zero attached hydrogens (tertiary/aromatic N) is 3. The second kappa shape index (κ2) is 10.2. The number of hydrogen-bond acceptors (Lipinski definition) is 6. The molecule has 0 bridgehead atoms. The van der Waals surface area contributed by atoms with Crippen LogP contribution in [0.4, 0.5) is 10.5 Å². The minimum atomic E-state index is -3.56. The molecule has 3 fully saturated rings. The summed E-state index contributed by atoms with van der Waals surface area (Å²) in [5.74, 6) is 0. The molecule has 1 aromatic rings. The van der Waals surface area contributed by atoms with Gasteiger partial charge in [0.15, 0.2) is 0 Å². The van der Waals surface area contributed by atoms with E-state index in [4.69, 9.17) is 11.6 Å². The van der Waals surface area contributed by atoms with Crippen LogP contribution >= 0.6 is 11.6 Å². The maximum Gasteiger partial charge on any atom is 0.407 e. The first-order valence-corrected chi connectivity index (χ1v) is 13.4. The standard InChI is InChI=1S/C20H31ClN6O5S/c21-18-17(11-22-23-19(18)28)26-10-9-16(12-26)27(20(29)30)15-7-5-14(6-8-15)25-33(31,32)24-13-3-1-2-4-13/h11,13-16,24-25H,1-10,12H2,(H,23,28)(H,29,30)/t14-,15-,16?. The predicted molar refractivity (Wildman–Crippen MR) is 124 cm³/mol. The Kier molecular flexibility index (Phi) is 7.46. The monoisotopic (exact) mass is 502 g/mol. The number of aromatic nitrogens is 2. The Hall–Kier alpha value is -1.89. The lowest BCUT2D eigenvalue weighted by Gasteiger charge is -2.38. The number of amides is 1. The Labute approximate surface area is 198 Å². The molecule has 13 heteroatoms. The van der Waals surface area contributed by atoms with Crippen LogP contribution in [0.25, 0.3) is 0 Å². The normalized spacial score (nSPS) is 26.6. The largest absolute Gasteiger partial charge is 0.465 e. The van der Waals surface area contributed by atoms with Gasteiger partial charge in [-0.15, -0.1) is 0 Å². The average Bonchev–Trinajstić information content (AvgIpc) is 3.43. The van der Waals surface area contributed by atoms with E-state index < -0.39 is 21.9 Å². The summed E-state index contributed by atoms with van der Waals surface area (Å²) in [4.78, 5) is 27.3. The van der Waals surface area contributed by atoms with E-state index in [2.05, 4.69) is 19.6 Å². The first kappa shape index (κ1) is 24.2. The lowest BCUT2D eigenvalue weighted by atomic mass is 9.90. The van der Waals surface area contributed by atoms with Crippen LogP contribution in [-0.2, 0) is 10.2 Å². The Balaban J connectivity index is 1.33. The average molecular weight is 503 g/mol. The van der Waals surface area contributed by atoms with Gasteiger partial charge < -0.3 is 14.9 Å². The van der Waals surface area contributed by atoms with Crippen LogP contribution in [0.1, 0.15) is 57.8 Å². The van der Waals surface area contributed by atoms with Gasteiger partial charge in [0.1, 0.15) is 5.02 Å². The molecule has 2 aliphatic carbocycles. The fourth-order valence-corrected chi connectivity index (χ4v) is 7.01. The molecule has 33 heavy (non-hydrogen) atoms. The SMILES string of the molecule is O=C(O)N(C1CCN(c2cn[nH]c(=O)c2Cl)C1)[C@H]1CC[C@H](NS(=O)(=O)NC2CCCC2)CC1. The predicted octanol–water partition coefficient (Wildman–Crippen LogP) is 1.66. The number of carboxylic acid groups (broad SMARTS) is 1. The van der Waals surface area contributed by atoms with Crippen molar-refractivity contribution in [2.75, 3.05) is 18.0 Å². The number of H-pyrrole nitrogens is 1. The molecule has 4 rings (SSSR count). The summed E-state index contributed by atoms with van der Waals surface area (Å²) in [5, 5.41) is 16.1. The summed E-state index contributed by atoms with van der Waals surface area (Å²) in [6.45, 7) is 0.996. The first-order valence-electron chi connectivity index (χ1n) is 11.5. The molecule has 1 aromatic heterocycles.